The van der Waals surface area contributed by atoms with Crippen LogP contribution in [0.15, 0.2) is 65.6 Å². The smallest absolute Gasteiger partial charge is 0.264 e. The normalized spacial score (nSPS) is 12.1. The van der Waals surface area contributed by atoms with Crippen LogP contribution in [0.4, 0.5) is 5.69 Å². The Labute approximate surface area is 253 Å². The molecule has 0 heterocycles. The Morgan fingerprint density at radius 1 is 0.902 bits per heavy atom. The second kappa shape index (κ2) is 14.2. The van der Waals surface area contributed by atoms with Crippen LogP contribution < -0.4 is 9.62 Å². The number of unbranched alkanes of at least 4 members (excludes halogenated alkanes) is 1. The molecule has 0 radical (unpaired) electrons. The van der Waals surface area contributed by atoms with Crippen molar-refractivity contribution in [3.63, 3.8) is 0 Å². The highest BCUT2D eigenvalue weighted by Gasteiger charge is 2.33. The van der Waals surface area contributed by atoms with Crippen LogP contribution in [0.1, 0.15) is 48.9 Å². The maximum atomic E-state index is 14.1. The summed E-state index contributed by atoms with van der Waals surface area (Å²) in [5, 5.41) is 3.56. The predicted octanol–water partition coefficient (Wildman–Crippen LogP) is 6.45. The van der Waals surface area contributed by atoms with Crippen LogP contribution in [-0.2, 0) is 26.2 Å². The summed E-state index contributed by atoms with van der Waals surface area (Å²) < 4.78 is 29.2. The van der Waals surface area contributed by atoms with Gasteiger partial charge in [0, 0.05) is 13.1 Å². The van der Waals surface area contributed by atoms with Crippen molar-refractivity contribution in [3.05, 3.63) is 93.0 Å². The first-order chi connectivity index (χ1) is 19.3. The molecular formula is C31H37Cl2N3O4S. The summed E-state index contributed by atoms with van der Waals surface area (Å²) in [5.74, 6) is -0.864. The van der Waals surface area contributed by atoms with Gasteiger partial charge in [-0.15, -0.1) is 0 Å². The number of sulfonamides is 1. The fourth-order valence-corrected chi connectivity index (χ4v) is 6.08. The summed E-state index contributed by atoms with van der Waals surface area (Å²) in [5.41, 5.74) is 3.50. The van der Waals surface area contributed by atoms with Crippen LogP contribution >= 0.6 is 23.2 Å². The van der Waals surface area contributed by atoms with Crippen molar-refractivity contribution < 1.29 is 18.0 Å². The van der Waals surface area contributed by atoms with Gasteiger partial charge in [0.05, 0.1) is 20.6 Å². The maximum Gasteiger partial charge on any atom is 0.264 e. The van der Waals surface area contributed by atoms with Crippen molar-refractivity contribution in [2.45, 2.75) is 64.9 Å². The fourth-order valence-electron chi connectivity index (χ4n) is 4.29. The molecule has 10 heteroatoms. The van der Waals surface area contributed by atoms with Crippen LogP contribution in [-0.4, -0.2) is 44.3 Å². The Kier molecular flexibility index (Phi) is 11.2. The van der Waals surface area contributed by atoms with Gasteiger partial charge in [0.2, 0.25) is 11.8 Å². The van der Waals surface area contributed by atoms with Gasteiger partial charge < -0.3 is 10.2 Å². The Morgan fingerprint density at radius 2 is 1.56 bits per heavy atom. The number of carbonyl (C=O) groups is 2. The zero-order chi connectivity index (χ0) is 30.3. The first-order valence-electron chi connectivity index (χ1n) is 13.5. The van der Waals surface area contributed by atoms with Crippen LogP contribution in [0.25, 0.3) is 0 Å². The quantitative estimate of drug-likeness (QED) is 0.237. The van der Waals surface area contributed by atoms with E-state index < -0.39 is 28.5 Å². The first kappa shape index (κ1) is 32.4. The lowest BCUT2D eigenvalue weighted by Gasteiger charge is -2.32. The third-order valence-corrected chi connectivity index (χ3v) is 9.37. The molecule has 0 saturated carbocycles. The molecule has 2 amide bonds. The Bertz CT molecular complexity index is 1490. The molecular weight excluding hydrogens is 581 g/mol. The molecule has 3 aromatic carbocycles. The van der Waals surface area contributed by atoms with E-state index in [4.69, 9.17) is 23.2 Å². The lowest BCUT2D eigenvalue weighted by molar-refractivity contribution is -0.139. The number of halogens is 2. The zero-order valence-corrected chi connectivity index (χ0v) is 26.4. The average Bonchev–Trinajstić information content (AvgIpc) is 2.93. The van der Waals surface area contributed by atoms with E-state index in [1.54, 1.807) is 50.2 Å². The largest absolute Gasteiger partial charge is 0.354 e. The average molecular weight is 619 g/mol. The molecule has 220 valence electrons. The molecule has 3 rings (SSSR count). The monoisotopic (exact) mass is 617 g/mol. The number of hydrogen-bond donors (Lipinski definition) is 1. The molecule has 0 saturated heterocycles. The van der Waals surface area contributed by atoms with Crippen molar-refractivity contribution in [2.24, 2.45) is 0 Å². The summed E-state index contributed by atoms with van der Waals surface area (Å²) in [6.45, 7) is 9.19. The molecule has 0 unspecified atom stereocenters. The molecule has 0 aliphatic carbocycles. The highest BCUT2D eigenvalue weighted by molar-refractivity contribution is 7.92. The number of amides is 2. The van der Waals surface area contributed by atoms with Crippen molar-refractivity contribution in [2.75, 3.05) is 17.4 Å². The van der Waals surface area contributed by atoms with Gasteiger partial charge in [-0.25, -0.2) is 8.42 Å². The second-order valence-corrected chi connectivity index (χ2v) is 12.9. The van der Waals surface area contributed by atoms with E-state index in [-0.39, 0.29) is 17.3 Å². The van der Waals surface area contributed by atoms with Gasteiger partial charge in [0.1, 0.15) is 12.6 Å². The Hall–Kier alpha value is -3.07. The molecule has 0 spiro atoms. The van der Waals surface area contributed by atoms with Crippen molar-refractivity contribution in [1.29, 1.82) is 0 Å². The number of anilines is 1. The maximum absolute atomic E-state index is 14.1. The highest BCUT2D eigenvalue weighted by Crippen LogP contribution is 2.29. The predicted molar refractivity (Wildman–Crippen MR) is 166 cm³/mol. The van der Waals surface area contributed by atoms with Gasteiger partial charge in [0.15, 0.2) is 0 Å². The SMILES string of the molecule is CCCCNC(=O)[C@@H](C)N(Cc1ccc(Cl)c(Cl)c1)C(=O)CN(c1cc(C)ccc1C)S(=O)(=O)c1ccc(C)cc1. The molecule has 1 atom stereocenters. The van der Waals surface area contributed by atoms with Gasteiger partial charge in [0.25, 0.3) is 10.0 Å². The third-order valence-electron chi connectivity index (χ3n) is 6.85. The van der Waals surface area contributed by atoms with Gasteiger partial charge in [-0.2, -0.15) is 0 Å². The van der Waals surface area contributed by atoms with Crippen LogP contribution in [0, 0.1) is 20.8 Å². The van der Waals surface area contributed by atoms with Crippen molar-refractivity contribution in [3.8, 4) is 0 Å². The molecule has 0 aliphatic heterocycles. The Morgan fingerprint density at radius 3 is 2.20 bits per heavy atom. The van der Waals surface area contributed by atoms with E-state index in [0.717, 1.165) is 28.3 Å². The molecule has 0 aromatic heterocycles. The minimum Gasteiger partial charge on any atom is -0.354 e. The van der Waals surface area contributed by atoms with E-state index >= 15 is 0 Å². The highest BCUT2D eigenvalue weighted by atomic mass is 35.5. The second-order valence-electron chi connectivity index (χ2n) is 10.2. The Balaban J connectivity index is 2.06. The van der Waals surface area contributed by atoms with Gasteiger partial charge >= 0.3 is 0 Å². The summed E-state index contributed by atoms with van der Waals surface area (Å²) in [7, 11) is -4.14. The molecule has 41 heavy (non-hydrogen) atoms. The summed E-state index contributed by atoms with van der Waals surface area (Å²) >= 11 is 12.3. The molecule has 0 fully saturated rings. The van der Waals surface area contributed by atoms with E-state index in [0.29, 0.717) is 33.4 Å². The number of benzene rings is 3. The first-order valence-corrected chi connectivity index (χ1v) is 15.7. The summed E-state index contributed by atoms with van der Waals surface area (Å²) in [6, 6.07) is 16.1. The lowest BCUT2D eigenvalue weighted by Crippen LogP contribution is -2.51. The minimum absolute atomic E-state index is 0.0311. The van der Waals surface area contributed by atoms with Crippen LogP contribution in [0.2, 0.25) is 10.0 Å². The molecule has 0 bridgehead atoms. The van der Waals surface area contributed by atoms with Crippen molar-refractivity contribution >= 4 is 50.7 Å². The minimum atomic E-state index is -4.14. The van der Waals surface area contributed by atoms with E-state index in [2.05, 4.69) is 5.32 Å². The van der Waals surface area contributed by atoms with Crippen molar-refractivity contribution in [1.82, 2.24) is 10.2 Å². The standard InChI is InChI=1S/C31H37Cl2N3O4S/c1-6-7-16-34-31(38)24(5)35(19-25-12-15-27(32)28(33)18-25)30(37)20-36(29-17-22(3)8-11-23(29)4)41(39,40)26-13-9-21(2)10-14-26/h8-15,17-18,24H,6-7,16,19-20H2,1-5H3,(H,34,38)/t24-/m1/s1. The number of hydrogen-bond acceptors (Lipinski definition) is 4. The third kappa shape index (κ3) is 8.24. The van der Waals surface area contributed by atoms with E-state index in [1.807, 2.05) is 32.9 Å². The van der Waals surface area contributed by atoms with E-state index in [1.165, 1.54) is 17.0 Å². The number of aryl methyl sites for hydroxylation is 3. The van der Waals surface area contributed by atoms with Crippen LogP contribution in [0.5, 0.6) is 0 Å². The topological polar surface area (TPSA) is 86.8 Å². The van der Waals surface area contributed by atoms with E-state index in [9.17, 15) is 18.0 Å². The number of rotatable bonds is 12. The van der Waals surface area contributed by atoms with Gasteiger partial charge in [-0.05, 0) is 81.1 Å². The molecule has 0 aliphatic rings. The number of nitrogens with one attached hydrogen (secondary N) is 1. The fraction of sp³-hybridized carbons (Fsp3) is 0.355. The van der Waals surface area contributed by atoms with Gasteiger partial charge in [-0.3, -0.25) is 13.9 Å². The summed E-state index contributed by atoms with van der Waals surface area (Å²) in [6.07, 6.45) is 1.71. The lowest BCUT2D eigenvalue weighted by atomic mass is 10.1. The number of nitrogens with zero attached hydrogens (tertiary/aromatic N) is 2. The van der Waals surface area contributed by atoms with Gasteiger partial charge in [-0.1, -0.05) is 72.4 Å². The zero-order valence-electron chi connectivity index (χ0n) is 24.1. The molecule has 7 nitrogen and oxygen atoms in total. The number of carbonyl (C=O) groups excluding carboxylic acids is 2. The van der Waals surface area contributed by atoms with Crippen LogP contribution in [0.3, 0.4) is 0 Å². The molecule has 1 N–H and O–H groups in total. The molecule has 3 aromatic rings. The summed E-state index contributed by atoms with van der Waals surface area (Å²) in [4.78, 5) is 28.6.